The fraction of sp³-hybridized carbons (Fsp3) is 0.167. The van der Waals surface area contributed by atoms with Crippen LogP contribution in [-0.4, -0.2) is 0 Å². The number of benzene rings is 2. The summed E-state index contributed by atoms with van der Waals surface area (Å²) in [4.78, 5) is 0. The van der Waals surface area contributed by atoms with Gasteiger partial charge in [0, 0.05) is 0 Å². The second-order valence-corrected chi connectivity index (χ2v) is 19.2. The molecule has 2 aliphatic carbocycles. The van der Waals surface area contributed by atoms with Crippen LogP contribution in [0, 0.1) is 0 Å². The van der Waals surface area contributed by atoms with Crippen LogP contribution in [0.4, 0.5) is 0 Å². The van der Waals surface area contributed by atoms with E-state index >= 15 is 0 Å². The minimum atomic E-state index is -4.42. The van der Waals surface area contributed by atoms with Gasteiger partial charge in [-0.25, -0.2) is 0 Å². The van der Waals surface area contributed by atoms with Crippen LogP contribution < -0.4 is 5.63 Å². The van der Waals surface area contributed by atoms with Gasteiger partial charge < -0.3 is 0 Å². The molecule has 2 aliphatic rings. The van der Waals surface area contributed by atoms with Crippen molar-refractivity contribution in [2.24, 2.45) is 0 Å². The predicted octanol–water partition coefficient (Wildman–Crippen LogP) is 9.47. The summed E-state index contributed by atoms with van der Waals surface area (Å²) in [7, 11) is 0. The molecule has 0 amide bonds. The van der Waals surface area contributed by atoms with Crippen molar-refractivity contribution in [1.29, 1.82) is 0 Å². The van der Waals surface area contributed by atoms with Crippen LogP contribution in [0.5, 0.6) is 11.5 Å². The molecule has 2 aromatic rings. The molecule has 0 radical (unpaired) electrons. The molecule has 9 heteroatoms. The van der Waals surface area contributed by atoms with Gasteiger partial charge in [0.1, 0.15) is 0 Å². The van der Waals surface area contributed by atoms with E-state index in [1.807, 2.05) is 36.4 Å². The zero-order valence-corrected chi connectivity index (χ0v) is 24.1. The molecule has 2 aromatic carbocycles. The molecule has 0 aromatic heterocycles. The summed E-state index contributed by atoms with van der Waals surface area (Å²) in [5, 5.41) is 0. The van der Waals surface area contributed by atoms with E-state index < -0.39 is 28.7 Å². The van der Waals surface area contributed by atoms with E-state index in [2.05, 4.69) is 12.2 Å². The molecule has 2 nitrogen and oxygen atoms in total. The molecular weight excluding hydrogens is 624 g/mol. The van der Waals surface area contributed by atoms with Crippen molar-refractivity contribution in [2.45, 2.75) is 20.4 Å². The third kappa shape index (κ3) is 5.72. The third-order valence-electron chi connectivity index (χ3n) is 5.28. The van der Waals surface area contributed by atoms with Crippen molar-refractivity contribution in [3.05, 3.63) is 103 Å². The van der Waals surface area contributed by atoms with Gasteiger partial charge in [-0.05, 0) is 0 Å². The molecular formula is C24H18Cl6O2Zr. The van der Waals surface area contributed by atoms with Gasteiger partial charge >= 0.3 is 231 Å². The summed E-state index contributed by atoms with van der Waals surface area (Å²) in [5.41, 5.74) is 0.875. The van der Waals surface area contributed by atoms with Crippen LogP contribution in [0.25, 0.3) is 0 Å². The topological polar surface area (TPSA) is 18.5 Å². The van der Waals surface area contributed by atoms with Gasteiger partial charge in [0.15, 0.2) is 0 Å². The van der Waals surface area contributed by atoms with E-state index in [1.54, 1.807) is 36.4 Å². The number of allylic oxidation sites excluding steroid dienone is 8. The average Bonchev–Trinajstić information content (AvgIpc) is 3.47. The number of rotatable bonds is 6. The summed E-state index contributed by atoms with van der Waals surface area (Å²) < 4.78 is 12.6. The zero-order valence-electron chi connectivity index (χ0n) is 17.1. The second-order valence-electron chi connectivity index (χ2n) is 7.46. The first-order valence-corrected chi connectivity index (χ1v) is 16.8. The monoisotopic (exact) mass is 638 g/mol. The van der Waals surface area contributed by atoms with Crippen molar-refractivity contribution in [3.63, 3.8) is 0 Å². The molecule has 0 N–H and O–H groups in total. The molecule has 0 saturated heterocycles. The van der Waals surface area contributed by atoms with E-state index in [4.69, 9.17) is 75.2 Å². The minimum absolute atomic E-state index is 0.437. The first-order valence-electron chi connectivity index (χ1n) is 10.0. The van der Waals surface area contributed by atoms with Crippen molar-refractivity contribution in [1.82, 2.24) is 0 Å². The van der Waals surface area contributed by atoms with Gasteiger partial charge in [-0.15, -0.1) is 0 Å². The quantitative estimate of drug-likeness (QED) is 0.293. The Balaban J connectivity index is 1.89. The molecule has 0 spiro atoms. The standard InChI is InChI=1S/2C7H5Cl3O.2C5H5.Zr/c2*8-7(9,10)5-3-1-2-4-6(5)11;2*1-2-4-5-3-1;/h2*1-4,11H;2*1-3H,4H2;/q;;;;+2/p-2. The van der Waals surface area contributed by atoms with Crippen molar-refractivity contribution in [3.8, 4) is 11.5 Å². The Morgan fingerprint density at radius 3 is 1.33 bits per heavy atom. The summed E-state index contributed by atoms with van der Waals surface area (Å²) in [6.07, 6.45) is 13.6. The number of para-hydroxylation sites is 2. The Morgan fingerprint density at radius 1 is 0.606 bits per heavy atom. The summed E-state index contributed by atoms with van der Waals surface area (Å²) in [5.74, 6) is 0.917. The molecule has 0 heterocycles. The summed E-state index contributed by atoms with van der Waals surface area (Å²) in [6.45, 7) is 0. The van der Waals surface area contributed by atoms with Crippen LogP contribution >= 0.6 is 69.6 Å². The fourth-order valence-corrected chi connectivity index (χ4v) is 13.0. The van der Waals surface area contributed by atoms with E-state index in [0.29, 0.717) is 35.5 Å². The zero-order chi connectivity index (χ0) is 23.7. The van der Waals surface area contributed by atoms with Crippen LogP contribution in [-0.2, 0) is 28.7 Å². The third-order valence-corrected chi connectivity index (χ3v) is 15.0. The Morgan fingerprint density at radius 2 is 1.00 bits per heavy atom. The van der Waals surface area contributed by atoms with Gasteiger partial charge in [-0.1, -0.05) is 0 Å². The van der Waals surface area contributed by atoms with Gasteiger partial charge in [0.05, 0.1) is 0 Å². The van der Waals surface area contributed by atoms with Crippen molar-refractivity contribution < 1.29 is 26.8 Å². The first kappa shape index (κ1) is 25.7. The Labute approximate surface area is 229 Å². The number of alkyl halides is 6. The van der Waals surface area contributed by atoms with Crippen molar-refractivity contribution >= 4 is 69.6 Å². The number of hydrogen-bond acceptors (Lipinski definition) is 2. The van der Waals surface area contributed by atoms with E-state index in [0.717, 1.165) is 6.56 Å². The SMILES string of the molecule is ClC(Cl)(Cl)c1ccccc1[O][Zr]([O]c1ccccc1C(Cl)(Cl)Cl)([C]1=CC=CC1)[C]1=CC=CC1. The van der Waals surface area contributed by atoms with Crippen LogP contribution in [0.1, 0.15) is 24.0 Å². The maximum absolute atomic E-state index is 6.89. The molecule has 33 heavy (non-hydrogen) atoms. The van der Waals surface area contributed by atoms with Crippen LogP contribution in [0.15, 0.2) is 91.5 Å². The summed E-state index contributed by atoms with van der Waals surface area (Å²) >= 11 is 33.3. The molecule has 0 fully saturated rings. The van der Waals surface area contributed by atoms with Crippen LogP contribution in [0.3, 0.4) is 0 Å². The van der Waals surface area contributed by atoms with E-state index in [1.165, 1.54) is 0 Å². The van der Waals surface area contributed by atoms with Crippen molar-refractivity contribution in [2.75, 3.05) is 0 Å². The fourth-order valence-electron chi connectivity index (χ4n) is 3.76. The number of halogens is 6. The molecule has 0 aliphatic heterocycles. The predicted molar refractivity (Wildman–Crippen MR) is 136 cm³/mol. The molecule has 0 bridgehead atoms. The van der Waals surface area contributed by atoms with Gasteiger partial charge in [-0.3, -0.25) is 0 Å². The molecule has 172 valence electrons. The first-order chi connectivity index (χ1) is 15.6. The average molecular weight is 642 g/mol. The molecule has 0 atom stereocenters. The van der Waals surface area contributed by atoms with Crippen LogP contribution in [0.2, 0.25) is 0 Å². The molecule has 4 rings (SSSR count). The Hall–Kier alpha value is -0.377. The van der Waals surface area contributed by atoms with Gasteiger partial charge in [-0.2, -0.15) is 0 Å². The Kier molecular flexibility index (Phi) is 8.03. The maximum atomic E-state index is 6.89. The summed E-state index contributed by atoms with van der Waals surface area (Å²) in [6, 6.07) is 14.3. The Bertz CT molecular complexity index is 1070. The van der Waals surface area contributed by atoms with E-state index in [9.17, 15) is 0 Å². The normalized spacial score (nSPS) is 16.1. The number of hydrogen-bond donors (Lipinski definition) is 0. The van der Waals surface area contributed by atoms with E-state index in [-0.39, 0.29) is 0 Å². The molecule has 0 saturated carbocycles. The van der Waals surface area contributed by atoms with Gasteiger partial charge in [0.2, 0.25) is 0 Å². The van der Waals surface area contributed by atoms with Gasteiger partial charge in [0.25, 0.3) is 0 Å². The second kappa shape index (κ2) is 10.3. The molecule has 0 unspecified atom stereocenters.